The largest absolute Gasteiger partial charge is 0.508 e. The fraction of sp³-hybridized carbons (Fsp3) is 0.316. The van der Waals surface area contributed by atoms with Crippen molar-refractivity contribution in [2.24, 2.45) is 0 Å². The molecule has 1 heterocycles. The average molecular weight is 393 g/mol. The summed E-state index contributed by atoms with van der Waals surface area (Å²) in [5, 5.41) is 20.4. The normalized spacial score (nSPS) is 20.2. The Kier molecular flexibility index (Phi) is 5.77. The third-order valence-electron chi connectivity index (χ3n) is 4.26. The van der Waals surface area contributed by atoms with Crippen LogP contribution in [0.2, 0.25) is 5.02 Å². The Morgan fingerprint density at radius 1 is 1.19 bits per heavy atom. The molecule has 2 atom stereocenters. The van der Waals surface area contributed by atoms with Crippen molar-refractivity contribution >= 4 is 35.0 Å². The Morgan fingerprint density at radius 2 is 1.88 bits per heavy atom. The molecule has 138 valence electrons. The van der Waals surface area contributed by atoms with Crippen molar-refractivity contribution in [1.29, 1.82) is 0 Å². The second-order valence-corrected chi connectivity index (χ2v) is 8.10. The van der Waals surface area contributed by atoms with Crippen LogP contribution in [0.15, 0.2) is 47.4 Å². The Morgan fingerprint density at radius 3 is 2.54 bits per heavy atom. The zero-order valence-electron chi connectivity index (χ0n) is 14.6. The van der Waals surface area contributed by atoms with Crippen molar-refractivity contribution in [1.82, 2.24) is 4.90 Å². The van der Waals surface area contributed by atoms with Gasteiger partial charge in [-0.25, -0.2) is 0 Å². The Balaban J connectivity index is 2.03. The molecule has 0 saturated heterocycles. The van der Waals surface area contributed by atoms with Gasteiger partial charge in [0.15, 0.2) is 0 Å². The van der Waals surface area contributed by atoms with Gasteiger partial charge in [-0.05, 0) is 50.0 Å². The molecule has 0 unspecified atom stereocenters. The van der Waals surface area contributed by atoms with Crippen LogP contribution >= 0.6 is 23.4 Å². The minimum atomic E-state index is -1.20. The molecule has 26 heavy (non-hydrogen) atoms. The highest BCUT2D eigenvalue weighted by Gasteiger charge is 2.37. The van der Waals surface area contributed by atoms with Gasteiger partial charge in [-0.1, -0.05) is 23.7 Å². The molecule has 1 amide bonds. The Bertz CT molecular complexity index is 798. The second-order valence-electron chi connectivity index (χ2n) is 6.48. The number of hydrogen-bond donors (Lipinski definition) is 2. The summed E-state index contributed by atoms with van der Waals surface area (Å²) < 4.78 is 0. The first-order valence-electron chi connectivity index (χ1n) is 8.26. The number of anilines is 1. The molecule has 1 aliphatic heterocycles. The van der Waals surface area contributed by atoms with Crippen molar-refractivity contribution < 1.29 is 15.0 Å². The van der Waals surface area contributed by atoms with Gasteiger partial charge in [0.1, 0.15) is 11.9 Å². The number of hydrogen-bond acceptors (Lipinski definition) is 5. The lowest BCUT2D eigenvalue weighted by Gasteiger charge is -2.26. The number of aliphatic hydroxyl groups is 1. The summed E-state index contributed by atoms with van der Waals surface area (Å²) in [5.74, 6) is -0.192. The number of rotatable bonds is 4. The van der Waals surface area contributed by atoms with E-state index in [0.29, 0.717) is 18.1 Å². The van der Waals surface area contributed by atoms with Crippen LogP contribution in [-0.2, 0) is 4.79 Å². The van der Waals surface area contributed by atoms with Crippen LogP contribution in [0.4, 0.5) is 5.69 Å². The van der Waals surface area contributed by atoms with E-state index in [4.69, 9.17) is 11.6 Å². The van der Waals surface area contributed by atoms with E-state index in [9.17, 15) is 15.0 Å². The van der Waals surface area contributed by atoms with E-state index in [2.05, 4.69) is 0 Å². The number of carbonyl (C=O) groups is 1. The number of benzene rings is 2. The van der Waals surface area contributed by atoms with Crippen LogP contribution in [-0.4, -0.2) is 54.3 Å². The molecule has 2 aromatic carbocycles. The summed E-state index contributed by atoms with van der Waals surface area (Å²) in [6.07, 6.45) is -1.20. The molecular weight excluding hydrogens is 372 g/mol. The predicted octanol–water partition coefficient (Wildman–Crippen LogP) is 3.15. The van der Waals surface area contributed by atoms with E-state index in [1.165, 1.54) is 11.8 Å². The Hall–Kier alpha value is -1.73. The van der Waals surface area contributed by atoms with E-state index in [-0.39, 0.29) is 11.7 Å². The molecule has 0 bridgehead atoms. The third kappa shape index (κ3) is 3.99. The number of phenolic OH excluding ortho intramolecular Hbond substituents is 1. The fourth-order valence-corrected chi connectivity index (χ4v) is 4.40. The minimum Gasteiger partial charge on any atom is -0.508 e. The van der Waals surface area contributed by atoms with Gasteiger partial charge in [-0.3, -0.25) is 4.79 Å². The van der Waals surface area contributed by atoms with E-state index in [0.717, 1.165) is 16.1 Å². The smallest absolute Gasteiger partial charge is 0.257 e. The van der Waals surface area contributed by atoms with E-state index < -0.39 is 11.4 Å². The van der Waals surface area contributed by atoms with Gasteiger partial charge in [-0.2, -0.15) is 0 Å². The van der Waals surface area contributed by atoms with Gasteiger partial charge in [0, 0.05) is 23.0 Å². The number of halogens is 1. The number of thioether (sulfide) groups is 1. The number of amides is 1. The van der Waals surface area contributed by atoms with Gasteiger partial charge >= 0.3 is 0 Å². The van der Waals surface area contributed by atoms with Crippen molar-refractivity contribution in [2.45, 2.75) is 16.2 Å². The van der Waals surface area contributed by atoms with E-state index in [1.54, 1.807) is 35.2 Å². The molecule has 7 heteroatoms. The maximum Gasteiger partial charge on any atom is 0.257 e. The quantitative estimate of drug-likeness (QED) is 0.836. The molecule has 2 aromatic rings. The molecule has 0 aromatic heterocycles. The highest BCUT2D eigenvalue weighted by atomic mass is 35.5. The summed E-state index contributed by atoms with van der Waals surface area (Å²) in [7, 11) is 3.88. The highest BCUT2D eigenvalue weighted by Crippen LogP contribution is 2.46. The maximum absolute atomic E-state index is 13.0. The van der Waals surface area contributed by atoms with Crippen LogP contribution < -0.4 is 4.90 Å². The van der Waals surface area contributed by atoms with Crippen LogP contribution in [0.3, 0.4) is 0 Å². The number of fused-ring (bicyclic) bond motifs is 1. The van der Waals surface area contributed by atoms with E-state index >= 15 is 0 Å². The van der Waals surface area contributed by atoms with Gasteiger partial charge < -0.3 is 20.0 Å². The topological polar surface area (TPSA) is 64.0 Å². The summed E-state index contributed by atoms with van der Waals surface area (Å²) in [6.45, 7) is 1.15. The molecule has 0 fully saturated rings. The first-order chi connectivity index (χ1) is 12.4. The first-order valence-corrected chi connectivity index (χ1v) is 9.52. The second kappa shape index (κ2) is 7.88. The lowest BCUT2D eigenvalue weighted by atomic mass is 10.1. The number of phenols is 1. The monoisotopic (exact) mass is 392 g/mol. The Labute approximate surface area is 162 Å². The summed E-state index contributed by atoms with van der Waals surface area (Å²) in [5.41, 5.74) is 1.53. The number of likely N-dealkylation sites (N-methyl/N-ethyl adjacent to an activating group) is 1. The van der Waals surface area contributed by atoms with Crippen LogP contribution in [0.25, 0.3) is 0 Å². The maximum atomic E-state index is 13.0. The van der Waals surface area contributed by atoms with Gasteiger partial charge in [0.05, 0.1) is 10.9 Å². The SMILES string of the molecule is CN(C)CCN1C(=O)[C@H](O)[C@H](c2ccc(O)cc2)Sc2cc(Cl)ccc21. The van der Waals surface area contributed by atoms with Crippen molar-refractivity contribution in [3.63, 3.8) is 0 Å². The number of carbonyl (C=O) groups excluding carboxylic acids is 1. The van der Waals surface area contributed by atoms with Crippen LogP contribution in [0.1, 0.15) is 10.8 Å². The van der Waals surface area contributed by atoms with Gasteiger partial charge in [0.25, 0.3) is 5.91 Å². The standard InChI is InChI=1S/C19H21ClN2O3S/c1-21(2)9-10-22-15-8-5-13(20)11-16(15)26-18(17(24)19(22)25)12-3-6-14(23)7-4-12/h3-8,11,17-18,23-24H,9-10H2,1-2H3/t17-,18+/m1/s1. The number of aliphatic hydroxyl groups excluding tert-OH is 1. The van der Waals surface area contributed by atoms with Crippen molar-refractivity contribution in [3.05, 3.63) is 53.1 Å². The van der Waals surface area contributed by atoms with Crippen LogP contribution in [0.5, 0.6) is 5.75 Å². The molecule has 0 spiro atoms. The van der Waals surface area contributed by atoms with E-state index in [1.807, 2.05) is 31.1 Å². The number of aromatic hydroxyl groups is 1. The molecule has 0 radical (unpaired) electrons. The third-order valence-corrected chi connectivity index (χ3v) is 5.86. The van der Waals surface area contributed by atoms with Crippen molar-refractivity contribution in [2.75, 3.05) is 32.1 Å². The highest BCUT2D eigenvalue weighted by molar-refractivity contribution is 7.99. The lowest BCUT2D eigenvalue weighted by molar-refractivity contribution is -0.126. The summed E-state index contributed by atoms with van der Waals surface area (Å²) in [6, 6.07) is 12.0. The van der Waals surface area contributed by atoms with Gasteiger partial charge in [0.2, 0.25) is 0 Å². The molecule has 1 aliphatic rings. The van der Waals surface area contributed by atoms with Gasteiger partial charge in [-0.15, -0.1) is 11.8 Å². The van der Waals surface area contributed by atoms with Crippen LogP contribution in [0, 0.1) is 0 Å². The molecular formula is C19H21ClN2O3S. The zero-order valence-corrected chi connectivity index (χ0v) is 16.2. The predicted molar refractivity (Wildman–Crippen MR) is 105 cm³/mol. The lowest BCUT2D eigenvalue weighted by Crippen LogP contribution is -2.43. The van der Waals surface area contributed by atoms with Crippen molar-refractivity contribution in [3.8, 4) is 5.75 Å². The molecule has 2 N–H and O–H groups in total. The molecule has 3 rings (SSSR count). The molecule has 5 nitrogen and oxygen atoms in total. The zero-order chi connectivity index (χ0) is 18.8. The fourth-order valence-electron chi connectivity index (χ4n) is 2.86. The molecule has 0 saturated carbocycles. The minimum absolute atomic E-state index is 0.143. The first kappa shape index (κ1) is 19.0. The summed E-state index contributed by atoms with van der Waals surface area (Å²) >= 11 is 7.58. The average Bonchev–Trinajstić information content (AvgIpc) is 2.70. The summed E-state index contributed by atoms with van der Waals surface area (Å²) in [4.78, 5) is 17.5. The number of nitrogens with zero attached hydrogens (tertiary/aromatic N) is 2. The molecule has 0 aliphatic carbocycles.